The smallest absolute Gasteiger partial charge is 0.327 e. The quantitative estimate of drug-likeness (QED) is 0.803. The molecule has 0 N–H and O–H groups in total. The van der Waals surface area contributed by atoms with Gasteiger partial charge in [0.05, 0.1) is 0 Å². The standard InChI is InChI=1S/C15H14F4N4O/c16-12-6-10(4-5-13(12)23-9-20-8-21-23)14(24)22(7-15(17,18)19)11-2-1-3-11/h4-6,8-9,11H,1-3,7H2. The van der Waals surface area contributed by atoms with E-state index in [2.05, 4.69) is 10.1 Å². The number of nitrogens with zero attached hydrogens (tertiary/aromatic N) is 4. The number of amides is 1. The van der Waals surface area contributed by atoms with E-state index in [0.29, 0.717) is 12.8 Å². The Labute approximate surface area is 134 Å². The average Bonchev–Trinajstić information content (AvgIpc) is 2.96. The lowest BCUT2D eigenvalue weighted by atomic mass is 9.91. The van der Waals surface area contributed by atoms with Gasteiger partial charge < -0.3 is 4.90 Å². The first kappa shape index (κ1) is 16.4. The number of halogens is 4. The Morgan fingerprint density at radius 2 is 2.08 bits per heavy atom. The molecule has 1 aliphatic carbocycles. The Kier molecular flexibility index (Phi) is 4.25. The van der Waals surface area contributed by atoms with Crippen LogP contribution in [0.4, 0.5) is 17.6 Å². The second-order valence-electron chi connectivity index (χ2n) is 5.64. The molecule has 0 spiro atoms. The molecule has 0 radical (unpaired) electrons. The first-order chi connectivity index (χ1) is 11.3. The van der Waals surface area contributed by atoms with Gasteiger partial charge in [-0.3, -0.25) is 4.79 Å². The first-order valence-corrected chi connectivity index (χ1v) is 7.37. The molecule has 1 saturated carbocycles. The topological polar surface area (TPSA) is 51.0 Å². The van der Waals surface area contributed by atoms with Crippen LogP contribution in [0.15, 0.2) is 30.9 Å². The molecule has 1 amide bonds. The minimum Gasteiger partial charge on any atom is -0.327 e. The van der Waals surface area contributed by atoms with Gasteiger partial charge in [0.15, 0.2) is 0 Å². The van der Waals surface area contributed by atoms with Crippen molar-refractivity contribution in [3.63, 3.8) is 0 Å². The predicted octanol–water partition coefficient (Wildman–Crippen LogP) is 2.96. The summed E-state index contributed by atoms with van der Waals surface area (Å²) in [6.07, 6.45) is -0.149. The van der Waals surface area contributed by atoms with Crippen molar-refractivity contribution in [3.05, 3.63) is 42.2 Å². The Bertz CT molecular complexity index is 726. The monoisotopic (exact) mass is 342 g/mol. The molecule has 1 aromatic heterocycles. The number of carbonyl (C=O) groups is 1. The molecule has 1 heterocycles. The lowest BCUT2D eigenvalue weighted by molar-refractivity contribution is -0.147. The SMILES string of the molecule is O=C(c1ccc(-n2cncn2)c(F)c1)N(CC(F)(F)F)C1CCC1. The predicted molar refractivity (Wildman–Crippen MR) is 76.0 cm³/mol. The summed E-state index contributed by atoms with van der Waals surface area (Å²) in [6, 6.07) is 3.08. The second-order valence-corrected chi connectivity index (χ2v) is 5.64. The lowest BCUT2D eigenvalue weighted by Gasteiger charge is -2.38. The normalized spacial score (nSPS) is 15.2. The Balaban J connectivity index is 1.86. The second kappa shape index (κ2) is 6.21. The van der Waals surface area contributed by atoms with E-state index in [-0.39, 0.29) is 11.3 Å². The third-order valence-corrected chi connectivity index (χ3v) is 3.99. The number of rotatable bonds is 4. The highest BCUT2D eigenvalue weighted by Crippen LogP contribution is 2.30. The van der Waals surface area contributed by atoms with Crippen molar-refractivity contribution < 1.29 is 22.4 Å². The molecule has 0 unspecified atom stereocenters. The van der Waals surface area contributed by atoms with Gasteiger partial charge in [-0.05, 0) is 37.5 Å². The van der Waals surface area contributed by atoms with Gasteiger partial charge in [0.1, 0.15) is 30.7 Å². The highest BCUT2D eigenvalue weighted by atomic mass is 19.4. The van der Waals surface area contributed by atoms with E-state index >= 15 is 0 Å². The Hall–Kier alpha value is -2.45. The summed E-state index contributed by atoms with van der Waals surface area (Å²) in [5, 5.41) is 3.78. The van der Waals surface area contributed by atoms with Gasteiger partial charge in [-0.1, -0.05) is 0 Å². The fourth-order valence-electron chi connectivity index (χ4n) is 2.58. The van der Waals surface area contributed by atoms with Crippen LogP contribution in [-0.4, -0.2) is 44.3 Å². The average molecular weight is 342 g/mol. The molecule has 0 atom stereocenters. The van der Waals surface area contributed by atoms with E-state index in [9.17, 15) is 22.4 Å². The fourth-order valence-corrected chi connectivity index (χ4v) is 2.58. The number of carbonyl (C=O) groups excluding carboxylic acids is 1. The highest BCUT2D eigenvalue weighted by Gasteiger charge is 2.38. The molecule has 1 aromatic carbocycles. The number of aromatic nitrogens is 3. The molecule has 0 aliphatic heterocycles. The summed E-state index contributed by atoms with van der Waals surface area (Å²) in [5.41, 5.74) is -0.0532. The summed E-state index contributed by atoms with van der Waals surface area (Å²) >= 11 is 0. The summed E-state index contributed by atoms with van der Waals surface area (Å²) < 4.78 is 53.6. The highest BCUT2D eigenvalue weighted by molar-refractivity contribution is 5.94. The van der Waals surface area contributed by atoms with Crippen molar-refractivity contribution in [3.8, 4) is 5.69 Å². The van der Waals surface area contributed by atoms with Crippen molar-refractivity contribution in [1.29, 1.82) is 0 Å². The van der Waals surface area contributed by atoms with Crippen LogP contribution in [0, 0.1) is 5.82 Å². The maximum absolute atomic E-state index is 14.2. The first-order valence-electron chi connectivity index (χ1n) is 7.37. The molecule has 128 valence electrons. The molecule has 0 saturated heterocycles. The molecule has 5 nitrogen and oxygen atoms in total. The maximum atomic E-state index is 14.2. The molecule has 9 heteroatoms. The van der Waals surface area contributed by atoms with Gasteiger partial charge in [0, 0.05) is 11.6 Å². The largest absolute Gasteiger partial charge is 0.406 e. The van der Waals surface area contributed by atoms with Gasteiger partial charge >= 0.3 is 6.18 Å². The summed E-state index contributed by atoms with van der Waals surface area (Å²) in [7, 11) is 0. The molecule has 24 heavy (non-hydrogen) atoms. The van der Waals surface area contributed by atoms with Crippen molar-refractivity contribution in [2.45, 2.75) is 31.5 Å². The maximum Gasteiger partial charge on any atom is 0.406 e. The number of hydrogen-bond acceptors (Lipinski definition) is 3. The number of alkyl halides is 3. The summed E-state index contributed by atoms with van der Waals surface area (Å²) in [5.74, 6) is -1.58. The zero-order chi connectivity index (χ0) is 17.3. The van der Waals surface area contributed by atoms with Crippen LogP contribution >= 0.6 is 0 Å². The van der Waals surface area contributed by atoms with E-state index in [1.807, 2.05) is 0 Å². The Morgan fingerprint density at radius 1 is 1.33 bits per heavy atom. The molecule has 2 aromatic rings. The van der Waals surface area contributed by atoms with Gasteiger partial charge in [0.2, 0.25) is 0 Å². The van der Waals surface area contributed by atoms with E-state index in [4.69, 9.17) is 0 Å². The van der Waals surface area contributed by atoms with Crippen molar-refractivity contribution >= 4 is 5.91 Å². The van der Waals surface area contributed by atoms with Crippen LogP contribution < -0.4 is 0 Å². The summed E-state index contributed by atoms with van der Waals surface area (Å²) in [6.45, 7) is -1.33. The molecular formula is C15H14F4N4O. The molecule has 1 aliphatic rings. The van der Waals surface area contributed by atoms with Crippen molar-refractivity contribution in [2.75, 3.05) is 6.54 Å². The van der Waals surface area contributed by atoms with E-state index in [1.54, 1.807) is 0 Å². The Morgan fingerprint density at radius 3 is 2.58 bits per heavy atom. The van der Waals surface area contributed by atoms with Crippen LogP contribution in [0.2, 0.25) is 0 Å². The zero-order valence-corrected chi connectivity index (χ0v) is 12.5. The number of benzene rings is 1. The van der Waals surface area contributed by atoms with Crippen LogP contribution in [-0.2, 0) is 0 Å². The molecular weight excluding hydrogens is 328 g/mol. The third kappa shape index (κ3) is 3.39. The van der Waals surface area contributed by atoms with E-state index in [0.717, 1.165) is 17.4 Å². The van der Waals surface area contributed by atoms with Crippen LogP contribution in [0.3, 0.4) is 0 Å². The van der Waals surface area contributed by atoms with Crippen LogP contribution in [0.1, 0.15) is 29.6 Å². The van der Waals surface area contributed by atoms with Gasteiger partial charge in [-0.15, -0.1) is 0 Å². The van der Waals surface area contributed by atoms with Crippen molar-refractivity contribution in [2.24, 2.45) is 0 Å². The van der Waals surface area contributed by atoms with Crippen LogP contribution in [0.25, 0.3) is 5.69 Å². The molecule has 0 bridgehead atoms. The zero-order valence-electron chi connectivity index (χ0n) is 12.5. The van der Waals surface area contributed by atoms with E-state index < -0.39 is 30.5 Å². The molecule has 1 fully saturated rings. The van der Waals surface area contributed by atoms with Gasteiger partial charge in [-0.2, -0.15) is 18.3 Å². The third-order valence-electron chi connectivity index (χ3n) is 3.99. The number of hydrogen-bond donors (Lipinski definition) is 0. The summed E-state index contributed by atoms with van der Waals surface area (Å²) in [4.78, 5) is 16.9. The van der Waals surface area contributed by atoms with Crippen LogP contribution in [0.5, 0.6) is 0 Å². The molecule has 3 rings (SSSR count). The fraction of sp³-hybridized carbons (Fsp3) is 0.400. The van der Waals surface area contributed by atoms with Crippen molar-refractivity contribution in [1.82, 2.24) is 19.7 Å². The minimum absolute atomic E-state index is 0.0649. The minimum atomic E-state index is -4.50. The lowest BCUT2D eigenvalue weighted by Crippen LogP contribution is -2.48. The van der Waals surface area contributed by atoms with E-state index in [1.165, 1.54) is 29.5 Å². The van der Waals surface area contributed by atoms with Gasteiger partial charge in [-0.25, -0.2) is 14.1 Å². The van der Waals surface area contributed by atoms with Gasteiger partial charge in [0.25, 0.3) is 5.91 Å².